The summed E-state index contributed by atoms with van der Waals surface area (Å²) >= 11 is 1.86. The van der Waals surface area contributed by atoms with Crippen molar-refractivity contribution in [1.29, 1.82) is 0 Å². The molecule has 6 heterocycles. The lowest BCUT2D eigenvalue weighted by atomic mass is 9.80. The second-order valence-corrected chi connectivity index (χ2v) is 38.9. The minimum Gasteiger partial charge on any atom is -0.455 e. The Hall–Kier alpha value is -17.0. The molecule has 0 aliphatic heterocycles. The second-order valence-electron chi connectivity index (χ2n) is 37.9. The van der Waals surface area contributed by atoms with Crippen LogP contribution in [0.25, 0.3) is 227 Å². The molecule has 0 N–H and O–H groups in total. The van der Waals surface area contributed by atoms with Gasteiger partial charge in [-0.1, -0.05) is 418 Å². The van der Waals surface area contributed by atoms with Gasteiger partial charge in [0.15, 0.2) is 17.5 Å². The number of hydrogen-bond acceptors (Lipinski definition) is 8. The molecular weight excluding hydrogens is 1700 g/mol. The topological polar surface area (TPSA) is 95.4 Å². The van der Waals surface area contributed by atoms with Crippen molar-refractivity contribution in [3.63, 3.8) is 0 Å². The van der Waals surface area contributed by atoms with Crippen LogP contribution >= 0.6 is 11.3 Å². The lowest BCUT2D eigenvalue weighted by molar-refractivity contribution is 0.657. The first kappa shape index (κ1) is 82.9. The van der Waals surface area contributed by atoms with E-state index < -0.39 is 0 Å². The highest BCUT2D eigenvalue weighted by atomic mass is 32.1. The fourth-order valence-corrected chi connectivity index (χ4v) is 23.1. The van der Waals surface area contributed by atoms with E-state index in [9.17, 15) is 0 Å². The highest BCUT2D eigenvalue weighted by molar-refractivity contribution is 7.26. The zero-order chi connectivity index (χ0) is 92.5. The van der Waals surface area contributed by atoms with Crippen molar-refractivity contribution in [2.24, 2.45) is 0 Å². The van der Waals surface area contributed by atoms with Gasteiger partial charge in [-0.3, -0.25) is 0 Å². The molecule has 0 unspecified atom stereocenters. The fourth-order valence-electron chi connectivity index (χ4n) is 21.9. The molecule has 3 aliphatic carbocycles. The van der Waals surface area contributed by atoms with Gasteiger partial charge in [-0.15, -0.1) is 11.3 Å². The van der Waals surface area contributed by atoms with Crippen LogP contribution in [0.5, 0.6) is 0 Å². The van der Waals surface area contributed by atoms with Gasteiger partial charge in [0.05, 0.1) is 45.2 Å². The van der Waals surface area contributed by atoms with E-state index in [-0.39, 0.29) is 16.2 Å². The third kappa shape index (κ3) is 14.0. The van der Waals surface area contributed by atoms with Gasteiger partial charge in [0, 0.05) is 136 Å². The van der Waals surface area contributed by atoms with Crippen molar-refractivity contribution >= 4 is 75.3 Å². The summed E-state index contributed by atoms with van der Waals surface area (Å²) in [4.78, 5) is 32.3. The largest absolute Gasteiger partial charge is 0.455 e. The van der Waals surface area contributed by atoms with Gasteiger partial charge in [-0.2, -0.15) is 0 Å². The summed E-state index contributed by atoms with van der Waals surface area (Å²) in [6.07, 6.45) is 0. The predicted octanol–water partition coefficient (Wildman–Crippen LogP) is 34.1. The Morgan fingerprint density at radius 2 is 0.522 bits per heavy atom. The van der Waals surface area contributed by atoms with Crippen molar-refractivity contribution in [3.8, 4) is 163 Å². The van der Waals surface area contributed by atoms with Crippen LogP contribution in [0.4, 0.5) is 0 Å². The van der Waals surface area contributed by atoms with Crippen molar-refractivity contribution in [1.82, 2.24) is 34.5 Å². The van der Waals surface area contributed by atoms with Gasteiger partial charge in [0.2, 0.25) is 0 Å². The Morgan fingerprint density at radius 1 is 0.217 bits per heavy atom. The summed E-state index contributed by atoms with van der Waals surface area (Å²) < 4.78 is 11.4. The van der Waals surface area contributed by atoms with E-state index in [1.165, 1.54) is 137 Å². The monoisotopic (exact) mass is 1790 g/mol. The molecule has 0 amide bonds. The van der Waals surface area contributed by atoms with Gasteiger partial charge in [0.25, 0.3) is 0 Å². The summed E-state index contributed by atoms with van der Waals surface area (Å²) in [6.45, 7) is 13.8. The molecule has 8 nitrogen and oxygen atoms in total. The lowest BCUT2D eigenvalue weighted by Gasteiger charge is -2.24. The zero-order valence-electron chi connectivity index (χ0n) is 77.1. The standard InChI is InChI=1S/C43H31N3.C43H30N2O.C43H30N2S/c1-43(2)36-23-9-6-22-35(36)41-39(43)40(30-17-12-16-29(26-30)28-14-4-3-5-15-28)44-42(45-41)31-18-13-19-32(27-31)46-37-24-10-7-20-33(37)34-21-8-11-25-38(34)46;2*1-43(2)36-23-8-6-20-35(36)40-38(43)39(30-17-10-15-28(25-30)27-13-4-3-5-14-27)44-42(45-40)31-18-11-16-29(26-31)32-21-12-22-34-33-19-7-9-24-37(33)46-41(32)34/h3-27H,1-2H3;2*3-26H,1-2H3. The summed E-state index contributed by atoms with van der Waals surface area (Å²) in [5.41, 5.74) is 39.4. The first-order chi connectivity index (χ1) is 67.7. The molecule has 0 atom stereocenters. The first-order valence-corrected chi connectivity index (χ1v) is 48.2. The van der Waals surface area contributed by atoms with E-state index in [1.807, 2.05) is 23.5 Å². The van der Waals surface area contributed by atoms with Crippen LogP contribution in [0.3, 0.4) is 0 Å². The average molecular weight is 1790 g/mol. The maximum absolute atomic E-state index is 6.40. The molecule has 27 rings (SSSR count). The molecule has 0 saturated heterocycles. The number of hydrogen-bond donors (Lipinski definition) is 0. The molecule has 18 aromatic carbocycles. The van der Waals surface area contributed by atoms with E-state index in [1.54, 1.807) is 0 Å². The molecule has 6 aromatic heterocycles. The highest BCUT2D eigenvalue weighted by Gasteiger charge is 2.44. The molecule has 3 aliphatic rings. The van der Waals surface area contributed by atoms with Crippen molar-refractivity contribution in [2.75, 3.05) is 0 Å². The van der Waals surface area contributed by atoms with Crippen LogP contribution < -0.4 is 0 Å². The maximum Gasteiger partial charge on any atom is 0.160 e. The molecule has 0 bridgehead atoms. The highest BCUT2D eigenvalue weighted by Crippen LogP contribution is 2.56. The number of aromatic nitrogens is 7. The van der Waals surface area contributed by atoms with Crippen LogP contribution in [0, 0.1) is 0 Å². The smallest absolute Gasteiger partial charge is 0.160 e. The van der Waals surface area contributed by atoms with Crippen LogP contribution in [0.2, 0.25) is 0 Å². The number of nitrogens with zero attached hydrogens (tertiary/aromatic N) is 7. The van der Waals surface area contributed by atoms with E-state index in [2.05, 4.69) is 477 Å². The molecule has 9 heteroatoms. The van der Waals surface area contributed by atoms with Gasteiger partial charge in [-0.05, 0) is 133 Å². The van der Waals surface area contributed by atoms with Gasteiger partial charge in [0.1, 0.15) is 11.2 Å². The quantitative estimate of drug-likeness (QED) is 0.120. The molecule has 0 saturated carbocycles. The van der Waals surface area contributed by atoms with E-state index >= 15 is 0 Å². The number of para-hydroxylation sites is 4. The number of rotatable bonds is 12. The van der Waals surface area contributed by atoms with Gasteiger partial charge < -0.3 is 8.98 Å². The molecule has 0 radical (unpaired) electrons. The Morgan fingerprint density at radius 3 is 0.986 bits per heavy atom. The number of fused-ring (bicyclic) bond motifs is 18. The number of furan rings is 1. The Kier molecular flexibility index (Phi) is 20.0. The summed E-state index contributed by atoms with van der Waals surface area (Å²) in [5, 5.41) is 7.35. The maximum atomic E-state index is 6.40. The average Bonchev–Trinajstić information content (AvgIpc) is 1.56. The Labute approximate surface area is 805 Å². The van der Waals surface area contributed by atoms with Crippen molar-refractivity contribution in [2.45, 2.75) is 57.8 Å². The summed E-state index contributed by atoms with van der Waals surface area (Å²) in [6, 6.07) is 157. The zero-order valence-corrected chi connectivity index (χ0v) is 77.9. The molecule has 24 aromatic rings. The van der Waals surface area contributed by atoms with E-state index in [0.717, 1.165) is 118 Å². The minimum absolute atomic E-state index is 0.235. The van der Waals surface area contributed by atoms with Crippen molar-refractivity contribution in [3.05, 3.63) is 476 Å². The molecule has 0 fully saturated rings. The molecule has 138 heavy (non-hydrogen) atoms. The van der Waals surface area contributed by atoms with Crippen LogP contribution in [0.1, 0.15) is 74.9 Å². The molecular formula is C129H91N7OS. The SMILES string of the molecule is CC1(C)c2ccccc2-c2nc(-c3cccc(-c4cccc5c4oc4ccccc45)c3)nc(-c3cccc(-c4ccccc4)c3)c21.CC1(C)c2ccccc2-c2nc(-c3cccc(-c4cccc5c4sc4ccccc45)c3)nc(-c3cccc(-c4ccccc4)c3)c21.CC1(C)c2ccccc2-c2nc(-c3cccc(-n4c5ccccc5c5ccccc54)c3)nc(-c3cccc(-c4ccccc4)c3)c21. The molecule has 0 spiro atoms. The van der Waals surface area contributed by atoms with Gasteiger partial charge in [-0.25, -0.2) is 29.9 Å². The van der Waals surface area contributed by atoms with Crippen LogP contribution in [-0.4, -0.2) is 34.5 Å². The van der Waals surface area contributed by atoms with Crippen molar-refractivity contribution < 1.29 is 4.42 Å². The van der Waals surface area contributed by atoms with Crippen LogP contribution in [-0.2, 0) is 16.2 Å². The summed E-state index contributed by atoms with van der Waals surface area (Å²) in [5.74, 6) is 2.19. The van der Waals surface area contributed by atoms with Crippen LogP contribution in [0.15, 0.2) is 447 Å². The molecule has 654 valence electrons. The van der Waals surface area contributed by atoms with E-state index in [4.69, 9.17) is 34.3 Å². The Bertz CT molecular complexity index is 8600. The first-order valence-electron chi connectivity index (χ1n) is 47.4. The Balaban J connectivity index is 0.000000110. The second kappa shape index (κ2) is 33.3. The predicted molar refractivity (Wildman–Crippen MR) is 573 cm³/mol. The van der Waals surface area contributed by atoms with E-state index in [0.29, 0.717) is 5.82 Å². The third-order valence-corrected chi connectivity index (χ3v) is 29.7. The third-order valence-electron chi connectivity index (χ3n) is 28.5. The normalized spacial score (nSPS) is 13.2. The minimum atomic E-state index is -0.249. The lowest BCUT2D eigenvalue weighted by Crippen LogP contribution is -2.17. The number of thiophene rings is 1. The fraction of sp³-hybridized carbons (Fsp3) is 0.0698. The summed E-state index contributed by atoms with van der Waals surface area (Å²) in [7, 11) is 0. The number of benzene rings is 18. The van der Waals surface area contributed by atoms with Gasteiger partial charge >= 0.3 is 0 Å².